The maximum Gasteiger partial charge on any atom is 0.328 e. The van der Waals surface area contributed by atoms with Gasteiger partial charge in [-0.2, -0.15) is 4.98 Å². The number of nitrogens with zero attached hydrogens (tertiary/aromatic N) is 4. The van der Waals surface area contributed by atoms with Crippen LogP contribution in [0, 0.1) is 30.3 Å². The molecule has 1 fully saturated rings. The largest absolute Gasteiger partial charge is 0.396 e. The number of halogens is 3. The number of urea groups is 1. The minimum Gasteiger partial charge on any atom is -0.396 e. The lowest BCUT2D eigenvalue weighted by atomic mass is 9.98. The van der Waals surface area contributed by atoms with Gasteiger partial charge in [-0.1, -0.05) is 6.07 Å². The van der Waals surface area contributed by atoms with Crippen LogP contribution >= 0.6 is 0 Å². The molecule has 0 aliphatic carbocycles. The number of aryl methyl sites for hydroxylation is 1. The Hall–Kier alpha value is -3.66. The van der Waals surface area contributed by atoms with Gasteiger partial charge in [0.2, 0.25) is 5.95 Å². The highest BCUT2D eigenvalue weighted by molar-refractivity contribution is 6.02. The standard InChI is InChI=1S/C25H24F3N5O2/c1-14-11-16(26)5-6-17(14)21-18-12-29-25(35)33(22-19(27)3-2-4-20(22)28)23(18)31-24(30-21)32-9-7-15(13-34)8-10-32/h2-6,11,15,34H,7-10,12-13H2,1H3,(H,29,35). The Balaban J connectivity index is 1.72. The first-order valence-corrected chi connectivity index (χ1v) is 11.4. The van der Waals surface area contributed by atoms with E-state index >= 15 is 0 Å². The third-order valence-electron chi connectivity index (χ3n) is 6.57. The quantitative estimate of drug-likeness (QED) is 0.574. The second-order valence-corrected chi connectivity index (χ2v) is 8.81. The van der Waals surface area contributed by atoms with Crippen LogP contribution in [0.4, 0.5) is 35.4 Å². The summed E-state index contributed by atoms with van der Waals surface area (Å²) >= 11 is 0. The van der Waals surface area contributed by atoms with Crippen LogP contribution in [0.2, 0.25) is 0 Å². The number of para-hydroxylation sites is 1. The molecule has 2 aromatic carbocycles. The molecule has 2 N–H and O–H groups in total. The number of aromatic nitrogens is 2. The molecule has 10 heteroatoms. The Morgan fingerprint density at radius 2 is 1.80 bits per heavy atom. The number of hydrogen-bond acceptors (Lipinski definition) is 5. The van der Waals surface area contributed by atoms with Crippen molar-refractivity contribution in [3.05, 3.63) is 65.0 Å². The zero-order valence-electron chi connectivity index (χ0n) is 19.1. The molecule has 2 aliphatic heterocycles. The predicted octanol–water partition coefficient (Wildman–Crippen LogP) is 4.44. The topological polar surface area (TPSA) is 81.6 Å². The molecule has 2 amide bonds. The van der Waals surface area contributed by atoms with Gasteiger partial charge in [0.15, 0.2) is 5.82 Å². The molecule has 0 radical (unpaired) electrons. The van der Waals surface area contributed by atoms with Crippen molar-refractivity contribution in [1.82, 2.24) is 15.3 Å². The summed E-state index contributed by atoms with van der Waals surface area (Å²) in [6.07, 6.45) is 1.46. The Bertz CT molecular complexity index is 1270. The summed E-state index contributed by atoms with van der Waals surface area (Å²) in [4.78, 5) is 25.2. The van der Waals surface area contributed by atoms with Crippen LogP contribution in [0.25, 0.3) is 11.3 Å². The Kier molecular flexibility index (Phi) is 6.06. The summed E-state index contributed by atoms with van der Waals surface area (Å²) in [5.74, 6) is -1.66. The van der Waals surface area contributed by atoms with Crippen molar-refractivity contribution in [3.63, 3.8) is 0 Å². The van der Waals surface area contributed by atoms with Crippen LogP contribution in [-0.2, 0) is 6.54 Å². The lowest BCUT2D eigenvalue weighted by Gasteiger charge is -2.34. The van der Waals surface area contributed by atoms with Gasteiger partial charge >= 0.3 is 6.03 Å². The number of amides is 2. The molecule has 2 aliphatic rings. The number of rotatable bonds is 4. The summed E-state index contributed by atoms with van der Waals surface area (Å²) in [5.41, 5.74) is 1.64. The highest BCUT2D eigenvalue weighted by Crippen LogP contribution is 2.40. The van der Waals surface area contributed by atoms with Gasteiger partial charge < -0.3 is 15.3 Å². The third-order valence-corrected chi connectivity index (χ3v) is 6.57. The Morgan fingerprint density at radius 3 is 2.46 bits per heavy atom. The van der Waals surface area contributed by atoms with E-state index < -0.39 is 29.2 Å². The molecule has 35 heavy (non-hydrogen) atoms. The zero-order chi connectivity index (χ0) is 24.7. The molecule has 5 rings (SSSR count). The van der Waals surface area contributed by atoms with E-state index in [1.54, 1.807) is 13.0 Å². The molecule has 0 bridgehead atoms. The molecule has 1 saturated heterocycles. The summed E-state index contributed by atoms with van der Waals surface area (Å²) in [5, 5.41) is 12.1. The van der Waals surface area contributed by atoms with Crippen molar-refractivity contribution in [2.24, 2.45) is 5.92 Å². The van der Waals surface area contributed by atoms with Crippen molar-refractivity contribution >= 4 is 23.5 Å². The molecule has 3 heterocycles. The summed E-state index contributed by atoms with van der Waals surface area (Å²) in [6.45, 7) is 3.03. The van der Waals surface area contributed by atoms with Crippen LogP contribution in [0.15, 0.2) is 36.4 Å². The van der Waals surface area contributed by atoms with Crippen molar-refractivity contribution < 1.29 is 23.1 Å². The van der Waals surface area contributed by atoms with Gasteiger partial charge in [-0.05, 0) is 61.6 Å². The highest BCUT2D eigenvalue weighted by atomic mass is 19.1. The molecule has 0 saturated carbocycles. The SMILES string of the molecule is Cc1cc(F)ccc1-c1nc(N2CCC(CO)CC2)nc2c1CNC(=O)N2c1c(F)cccc1F. The van der Waals surface area contributed by atoms with Crippen LogP contribution < -0.4 is 15.1 Å². The highest BCUT2D eigenvalue weighted by Gasteiger charge is 2.35. The number of benzene rings is 2. The average molecular weight is 483 g/mol. The first kappa shape index (κ1) is 23.1. The number of nitrogens with one attached hydrogen (secondary N) is 1. The number of hydrogen-bond donors (Lipinski definition) is 2. The second kappa shape index (κ2) is 9.18. The van der Waals surface area contributed by atoms with Gasteiger partial charge in [0.25, 0.3) is 0 Å². The number of piperidine rings is 1. The van der Waals surface area contributed by atoms with E-state index in [0.717, 1.165) is 29.9 Å². The van der Waals surface area contributed by atoms with Gasteiger partial charge in [-0.25, -0.2) is 27.8 Å². The molecule has 182 valence electrons. The van der Waals surface area contributed by atoms with Crippen molar-refractivity contribution in [3.8, 4) is 11.3 Å². The van der Waals surface area contributed by atoms with Crippen LogP contribution in [0.3, 0.4) is 0 Å². The van der Waals surface area contributed by atoms with Crippen LogP contribution in [0.5, 0.6) is 0 Å². The zero-order valence-corrected chi connectivity index (χ0v) is 19.1. The normalized spacial score (nSPS) is 16.3. The minimum absolute atomic E-state index is 0.0414. The average Bonchev–Trinajstić information content (AvgIpc) is 2.84. The van der Waals surface area contributed by atoms with Crippen molar-refractivity contribution in [2.45, 2.75) is 26.3 Å². The monoisotopic (exact) mass is 483 g/mol. The van der Waals surface area contributed by atoms with Gasteiger partial charge in [-0.3, -0.25) is 0 Å². The van der Waals surface area contributed by atoms with E-state index in [1.807, 2.05) is 4.90 Å². The van der Waals surface area contributed by atoms with E-state index in [-0.39, 0.29) is 24.9 Å². The Labute approximate surface area is 200 Å². The van der Waals surface area contributed by atoms with E-state index in [0.29, 0.717) is 41.4 Å². The fourth-order valence-corrected chi connectivity index (χ4v) is 4.63. The molecule has 0 spiro atoms. The maximum absolute atomic E-state index is 14.8. The van der Waals surface area contributed by atoms with Gasteiger partial charge in [-0.15, -0.1) is 0 Å². The summed E-state index contributed by atoms with van der Waals surface area (Å²) < 4.78 is 43.4. The van der Waals surface area contributed by atoms with Crippen LogP contribution in [-0.4, -0.2) is 40.8 Å². The number of carbonyl (C=O) groups is 1. The Morgan fingerprint density at radius 1 is 1.09 bits per heavy atom. The second-order valence-electron chi connectivity index (χ2n) is 8.81. The predicted molar refractivity (Wildman–Crippen MR) is 125 cm³/mol. The molecule has 3 aromatic rings. The molecule has 7 nitrogen and oxygen atoms in total. The summed E-state index contributed by atoms with van der Waals surface area (Å²) in [7, 11) is 0. The number of fused-ring (bicyclic) bond motifs is 1. The van der Waals surface area contributed by atoms with Crippen LogP contribution in [0.1, 0.15) is 24.0 Å². The lowest BCUT2D eigenvalue weighted by molar-refractivity contribution is 0.202. The summed E-state index contributed by atoms with van der Waals surface area (Å²) in [6, 6.07) is 6.96. The van der Waals surface area contributed by atoms with E-state index in [9.17, 15) is 23.1 Å². The van der Waals surface area contributed by atoms with Crippen molar-refractivity contribution in [1.29, 1.82) is 0 Å². The number of carbonyl (C=O) groups excluding carboxylic acids is 1. The maximum atomic E-state index is 14.8. The lowest BCUT2D eigenvalue weighted by Crippen LogP contribution is -2.44. The van der Waals surface area contributed by atoms with Gasteiger partial charge in [0.05, 0.1) is 12.2 Å². The third kappa shape index (κ3) is 4.18. The number of aliphatic hydroxyl groups is 1. The van der Waals surface area contributed by atoms with Gasteiger partial charge in [0.1, 0.15) is 23.1 Å². The van der Waals surface area contributed by atoms with Gasteiger partial charge in [0, 0.05) is 30.8 Å². The van der Waals surface area contributed by atoms with E-state index in [2.05, 4.69) is 10.3 Å². The number of anilines is 3. The minimum atomic E-state index is -0.906. The molecular weight excluding hydrogens is 459 g/mol. The van der Waals surface area contributed by atoms with Crippen molar-refractivity contribution in [2.75, 3.05) is 29.5 Å². The fourth-order valence-electron chi connectivity index (χ4n) is 4.63. The smallest absolute Gasteiger partial charge is 0.328 e. The first-order valence-electron chi connectivity index (χ1n) is 11.4. The fraction of sp³-hybridized carbons (Fsp3) is 0.320. The number of aliphatic hydroxyl groups excluding tert-OH is 1. The molecular formula is C25H24F3N5O2. The molecule has 1 aromatic heterocycles. The van der Waals surface area contributed by atoms with E-state index in [1.165, 1.54) is 18.2 Å². The molecule has 0 unspecified atom stereocenters. The van der Waals surface area contributed by atoms with E-state index in [4.69, 9.17) is 4.98 Å². The molecule has 0 atom stereocenters. The first-order chi connectivity index (χ1) is 16.9.